The van der Waals surface area contributed by atoms with Crippen molar-refractivity contribution in [3.05, 3.63) is 35.9 Å². The predicted molar refractivity (Wildman–Crippen MR) is 83.9 cm³/mol. The summed E-state index contributed by atoms with van der Waals surface area (Å²) in [5.41, 5.74) is 6.22. The molecule has 0 bridgehead atoms. The fourth-order valence-electron chi connectivity index (χ4n) is 2.72. The maximum Gasteiger partial charge on any atom is 0.0769 e. The van der Waals surface area contributed by atoms with Crippen molar-refractivity contribution in [1.29, 1.82) is 0 Å². The molecular weight excluding hydrogens is 274 g/mol. The van der Waals surface area contributed by atoms with E-state index in [1.54, 1.807) is 0 Å². The van der Waals surface area contributed by atoms with Crippen LogP contribution in [0.25, 0.3) is 0 Å². The van der Waals surface area contributed by atoms with Gasteiger partial charge in [0.05, 0.1) is 12.2 Å². The van der Waals surface area contributed by atoms with Gasteiger partial charge in [0.15, 0.2) is 0 Å². The van der Waals surface area contributed by atoms with E-state index in [9.17, 15) is 5.11 Å². The number of hydrogen-bond donors (Lipinski definition) is 2. The Morgan fingerprint density at radius 2 is 1.85 bits per heavy atom. The Balaban J connectivity index is 0.00000200. The van der Waals surface area contributed by atoms with Gasteiger partial charge in [0.2, 0.25) is 0 Å². The Hall–Kier alpha value is -0.610. The van der Waals surface area contributed by atoms with Crippen LogP contribution in [0, 0.1) is 5.92 Å². The quantitative estimate of drug-likeness (QED) is 0.794. The first-order chi connectivity index (χ1) is 9.22. The van der Waals surface area contributed by atoms with Crippen LogP contribution < -0.4 is 5.73 Å². The zero-order chi connectivity index (χ0) is 13.6. The third-order valence-corrected chi connectivity index (χ3v) is 4.20. The highest BCUT2D eigenvalue weighted by Crippen LogP contribution is 2.33. The molecule has 1 fully saturated rings. The Labute approximate surface area is 127 Å². The summed E-state index contributed by atoms with van der Waals surface area (Å²) < 4.78 is 5.71. The average molecular weight is 300 g/mol. The highest BCUT2D eigenvalue weighted by molar-refractivity contribution is 5.85. The van der Waals surface area contributed by atoms with Crippen LogP contribution >= 0.6 is 12.4 Å². The van der Waals surface area contributed by atoms with Gasteiger partial charge < -0.3 is 15.6 Å². The molecule has 3 N–H and O–H groups in total. The summed E-state index contributed by atoms with van der Waals surface area (Å²) in [6, 6.07) is 10.3. The van der Waals surface area contributed by atoms with E-state index in [0.717, 1.165) is 38.7 Å². The van der Waals surface area contributed by atoms with Crippen LogP contribution in [0.2, 0.25) is 0 Å². The largest absolute Gasteiger partial charge is 0.389 e. The Morgan fingerprint density at radius 1 is 1.20 bits per heavy atom. The second-order valence-corrected chi connectivity index (χ2v) is 5.70. The molecule has 0 aliphatic heterocycles. The van der Waals surface area contributed by atoms with E-state index >= 15 is 0 Å². The van der Waals surface area contributed by atoms with E-state index in [2.05, 4.69) is 12.1 Å². The van der Waals surface area contributed by atoms with Crippen molar-refractivity contribution in [1.82, 2.24) is 0 Å². The summed E-state index contributed by atoms with van der Waals surface area (Å²) in [6.07, 6.45) is 4.91. The van der Waals surface area contributed by atoms with E-state index in [1.807, 2.05) is 18.2 Å². The minimum atomic E-state index is -0.596. The van der Waals surface area contributed by atoms with Gasteiger partial charge in [-0.05, 0) is 43.6 Å². The molecule has 0 saturated heterocycles. The molecule has 1 saturated carbocycles. The fourth-order valence-corrected chi connectivity index (χ4v) is 2.72. The summed E-state index contributed by atoms with van der Waals surface area (Å²) in [5.74, 6) is 0.683. The first kappa shape index (κ1) is 17.4. The molecule has 0 aromatic heterocycles. The second-order valence-electron chi connectivity index (χ2n) is 5.70. The van der Waals surface area contributed by atoms with Crippen LogP contribution in [0.3, 0.4) is 0 Å². The third-order valence-electron chi connectivity index (χ3n) is 4.20. The van der Waals surface area contributed by atoms with Gasteiger partial charge in [0.25, 0.3) is 0 Å². The summed E-state index contributed by atoms with van der Waals surface area (Å²) in [6.45, 7) is 1.89. The molecule has 1 aliphatic carbocycles. The molecule has 1 aromatic carbocycles. The minimum Gasteiger partial charge on any atom is -0.389 e. The van der Waals surface area contributed by atoms with Crippen molar-refractivity contribution < 1.29 is 9.84 Å². The number of ether oxygens (including phenoxy) is 1. The van der Waals surface area contributed by atoms with Gasteiger partial charge in [-0.15, -0.1) is 12.4 Å². The predicted octanol–water partition coefficient (Wildman–Crippen LogP) is 2.90. The molecule has 0 atom stereocenters. The van der Waals surface area contributed by atoms with Crippen molar-refractivity contribution in [3.63, 3.8) is 0 Å². The van der Waals surface area contributed by atoms with Gasteiger partial charge >= 0.3 is 0 Å². The maximum absolute atomic E-state index is 10.1. The highest BCUT2D eigenvalue weighted by atomic mass is 35.5. The topological polar surface area (TPSA) is 55.5 Å². The molecule has 3 nitrogen and oxygen atoms in total. The van der Waals surface area contributed by atoms with Crippen LogP contribution in [0.4, 0.5) is 0 Å². The van der Waals surface area contributed by atoms with E-state index < -0.39 is 5.60 Å². The minimum absolute atomic E-state index is 0. The maximum atomic E-state index is 10.1. The van der Waals surface area contributed by atoms with E-state index in [1.165, 1.54) is 5.56 Å². The summed E-state index contributed by atoms with van der Waals surface area (Å²) >= 11 is 0. The monoisotopic (exact) mass is 299 g/mol. The molecule has 0 spiro atoms. The SMILES string of the molecule is Cl.NC[C@]1(O)CC[C@H](CCOCc2ccccc2)CC1. The standard InChI is InChI=1S/C16H25NO2.ClH/c17-13-16(18)9-6-14(7-10-16)8-11-19-12-15-4-2-1-3-5-15;/h1-5,14,18H,6-13,17H2;1H/t14-,16-;. The highest BCUT2D eigenvalue weighted by Gasteiger charge is 2.31. The lowest BCUT2D eigenvalue weighted by Gasteiger charge is -2.35. The smallest absolute Gasteiger partial charge is 0.0769 e. The third kappa shape index (κ3) is 5.41. The number of aliphatic hydroxyl groups is 1. The van der Waals surface area contributed by atoms with Crippen molar-refractivity contribution in [2.45, 2.75) is 44.3 Å². The number of rotatable bonds is 6. The Bertz CT molecular complexity index is 364. The lowest BCUT2D eigenvalue weighted by Crippen LogP contribution is -2.41. The zero-order valence-electron chi connectivity index (χ0n) is 12.0. The Kier molecular flexibility index (Phi) is 7.52. The molecule has 0 amide bonds. The van der Waals surface area contributed by atoms with Crippen LogP contribution in [-0.2, 0) is 11.3 Å². The first-order valence-electron chi connectivity index (χ1n) is 7.26. The molecule has 0 heterocycles. The van der Waals surface area contributed by atoms with Gasteiger partial charge in [-0.1, -0.05) is 30.3 Å². The molecule has 114 valence electrons. The molecule has 0 radical (unpaired) electrons. The van der Waals surface area contributed by atoms with Crippen molar-refractivity contribution in [2.75, 3.05) is 13.2 Å². The van der Waals surface area contributed by atoms with Gasteiger partial charge in [-0.3, -0.25) is 0 Å². The van der Waals surface area contributed by atoms with Gasteiger partial charge in [-0.2, -0.15) is 0 Å². The fraction of sp³-hybridized carbons (Fsp3) is 0.625. The summed E-state index contributed by atoms with van der Waals surface area (Å²) in [7, 11) is 0. The van der Waals surface area contributed by atoms with Gasteiger partial charge in [0.1, 0.15) is 0 Å². The lowest BCUT2D eigenvalue weighted by atomic mass is 9.78. The van der Waals surface area contributed by atoms with E-state index in [4.69, 9.17) is 10.5 Å². The molecular formula is C16H26ClNO2. The zero-order valence-corrected chi connectivity index (χ0v) is 12.8. The molecule has 4 heteroatoms. The molecule has 20 heavy (non-hydrogen) atoms. The number of nitrogens with two attached hydrogens (primary N) is 1. The van der Waals surface area contributed by atoms with Crippen LogP contribution in [-0.4, -0.2) is 23.9 Å². The molecule has 0 unspecified atom stereocenters. The lowest BCUT2D eigenvalue weighted by molar-refractivity contribution is -0.00682. The molecule has 2 rings (SSSR count). The summed E-state index contributed by atoms with van der Waals surface area (Å²) in [5, 5.41) is 10.1. The van der Waals surface area contributed by atoms with Gasteiger partial charge in [0, 0.05) is 13.2 Å². The normalized spacial score (nSPS) is 26.0. The van der Waals surface area contributed by atoms with Crippen LogP contribution in [0.1, 0.15) is 37.7 Å². The van der Waals surface area contributed by atoms with Crippen molar-refractivity contribution in [3.8, 4) is 0 Å². The first-order valence-corrected chi connectivity index (χ1v) is 7.26. The van der Waals surface area contributed by atoms with Crippen LogP contribution in [0.5, 0.6) is 0 Å². The van der Waals surface area contributed by atoms with Gasteiger partial charge in [-0.25, -0.2) is 0 Å². The number of hydrogen-bond acceptors (Lipinski definition) is 3. The summed E-state index contributed by atoms with van der Waals surface area (Å²) in [4.78, 5) is 0. The average Bonchev–Trinajstić information content (AvgIpc) is 2.47. The van der Waals surface area contributed by atoms with Crippen molar-refractivity contribution >= 4 is 12.4 Å². The van der Waals surface area contributed by atoms with Crippen molar-refractivity contribution in [2.24, 2.45) is 11.7 Å². The number of benzene rings is 1. The Morgan fingerprint density at radius 3 is 2.45 bits per heavy atom. The van der Waals surface area contributed by atoms with E-state index in [-0.39, 0.29) is 12.4 Å². The second kappa shape index (κ2) is 8.63. The van der Waals surface area contributed by atoms with E-state index in [0.29, 0.717) is 19.1 Å². The molecule has 1 aliphatic rings. The van der Waals surface area contributed by atoms with Crippen LogP contribution in [0.15, 0.2) is 30.3 Å². The number of halogens is 1. The molecule has 1 aromatic rings.